The largest absolute Gasteiger partial charge is 0.507 e. The summed E-state index contributed by atoms with van der Waals surface area (Å²) in [4.78, 5) is 11.3. The molecule has 1 rings (SSSR count). The van der Waals surface area contributed by atoms with Gasteiger partial charge in [-0.05, 0) is 31.9 Å². The number of methoxy groups -OCH3 is 1. The lowest BCUT2D eigenvalue weighted by Gasteiger charge is -2.08. The second-order valence-electron chi connectivity index (χ2n) is 2.41. The lowest BCUT2D eigenvalue weighted by Crippen LogP contribution is -2.03. The highest BCUT2D eigenvalue weighted by Crippen LogP contribution is 2.39. The molecule has 0 amide bonds. The molecule has 0 heterocycles. The molecule has 0 fully saturated rings. The minimum atomic E-state index is -0.657. The third kappa shape index (κ3) is 1.85. The van der Waals surface area contributed by atoms with Crippen LogP contribution in [0.15, 0.2) is 15.0 Å². The van der Waals surface area contributed by atoms with Crippen LogP contribution < -0.4 is 0 Å². The number of hydrogen-bond donors (Lipinski definition) is 2. The van der Waals surface area contributed by atoms with Crippen LogP contribution in [0.4, 0.5) is 0 Å². The van der Waals surface area contributed by atoms with E-state index in [9.17, 15) is 15.0 Å². The number of halogens is 2. The summed E-state index contributed by atoms with van der Waals surface area (Å²) < 4.78 is 4.84. The number of ether oxygens (including phenoxy) is 1. The Labute approximate surface area is 96.8 Å². The molecule has 0 saturated heterocycles. The number of benzene rings is 1. The number of carbonyl (C=O) groups is 1. The molecule has 6 heteroatoms. The van der Waals surface area contributed by atoms with E-state index in [1.54, 1.807) is 0 Å². The molecule has 0 unspecified atom stereocenters. The summed E-state index contributed by atoms with van der Waals surface area (Å²) in [6, 6.07) is 1.11. The first-order chi connectivity index (χ1) is 6.49. The molecule has 0 aliphatic heterocycles. The van der Waals surface area contributed by atoms with Crippen LogP contribution >= 0.6 is 31.9 Å². The van der Waals surface area contributed by atoms with E-state index in [2.05, 4.69) is 36.6 Å². The monoisotopic (exact) mass is 324 g/mol. The molecule has 1 aromatic carbocycles. The maximum atomic E-state index is 11.3. The molecule has 0 bridgehead atoms. The van der Waals surface area contributed by atoms with E-state index in [0.717, 1.165) is 6.07 Å². The van der Waals surface area contributed by atoms with Crippen molar-refractivity contribution in [2.24, 2.45) is 0 Å². The van der Waals surface area contributed by atoms with Gasteiger partial charge in [-0.2, -0.15) is 0 Å². The smallest absolute Gasteiger partial charge is 0.340 e. The minimum Gasteiger partial charge on any atom is -0.507 e. The molecule has 2 N–H and O–H groups in total. The Morgan fingerprint density at radius 1 is 1.29 bits per heavy atom. The number of hydrogen-bond acceptors (Lipinski definition) is 4. The van der Waals surface area contributed by atoms with Crippen LogP contribution in [0.3, 0.4) is 0 Å². The highest BCUT2D eigenvalue weighted by Gasteiger charge is 2.20. The first kappa shape index (κ1) is 11.3. The summed E-state index contributed by atoms with van der Waals surface area (Å²) >= 11 is 6.03. The average Bonchev–Trinajstić information content (AvgIpc) is 2.15. The quantitative estimate of drug-likeness (QED) is 0.778. The van der Waals surface area contributed by atoms with Gasteiger partial charge in [0.2, 0.25) is 0 Å². The van der Waals surface area contributed by atoms with Crippen molar-refractivity contribution in [1.82, 2.24) is 0 Å². The van der Waals surface area contributed by atoms with Crippen LogP contribution in [-0.2, 0) is 4.74 Å². The first-order valence-electron chi connectivity index (χ1n) is 3.47. The van der Waals surface area contributed by atoms with E-state index in [-0.39, 0.29) is 26.0 Å². The normalized spacial score (nSPS) is 9.93. The van der Waals surface area contributed by atoms with Crippen LogP contribution in [0.25, 0.3) is 0 Å². The molecule has 76 valence electrons. The van der Waals surface area contributed by atoms with Crippen molar-refractivity contribution >= 4 is 37.8 Å². The lowest BCUT2D eigenvalue weighted by atomic mass is 10.2. The molecule has 1 aromatic rings. The molecule has 14 heavy (non-hydrogen) atoms. The first-order valence-corrected chi connectivity index (χ1v) is 5.06. The van der Waals surface area contributed by atoms with Crippen LogP contribution in [0.5, 0.6) is 11.5 Å². The van der Waals surface area contributed by atoms with Crippen molar-refractivity contribution in [3.05, 3.63) is 20.6 Å². The van der Waals surface area contributed by atoms with E-state index in [4.69, 9.17) is 0 Å². The third-order valence-corrected chi connectivity index (χ3v) is 3.16. The highest BCUT2D eigenvalue weighted by atomic mass is 79.9. The zero-order chi connectivity index (χ0) is 10.9. The number of rotatable bonds is 1. The molecule has 0 aromatic heterocycles. The van der Waals surface area contributed by atoms with Crippen molar-refractivity contribution in [2.45, 2.75) is 0 Å². The summed E-state index contributed by atoms with van der Waals surface area (Å²) in [6.45, 7) is 0. The molecule has 4 nitrogen and oxygen atoms in total. The molecule has 0 radical (unpaired) electrons. The van der Waals surface area contributed by atoms with Gasteiger partial charge >= 0.3 is 5.97 Å². The van der Waals surface area contributed by atoms with Crippen molar-refractivity contribution in [2.75, 3.05) is 7.11 Å². The summed E-state index contributed by atoms with van der Waals surface area (Å²) in [6.07, 6.45) is 0. The Morgan fingerprint density at radius 3 is 2.07 bits per heavy atom. The standard InChI is InChI=1S/C8H6Br2O4/c1-14-8(13)5-6(9)3(11)2-4(12)7(5)10/h2,11-12H,1H3. The van der Waals surface area contributed by atoms with Gasteiger partial charge in [0, 0.05) is 6.07 Å². The molecule has 0 spiro atoms. The Bertz CT molecular complexity index is 363. The average molecular weight is 326 g/mol. The van der Waals surface area contributed by atoms with Crippen molar-refractivity contribution in [3.8, 4) is 11.5 Å². The molecule has 0 saturated carbocycles. The highest BCUT2D eigenvalue weighted by molar-refractivity contribution is 9.11. The van der Waals surface area contributed by atoms with Crippen LogP contribution in [0.1, 0.15) is 10.4 Å². The Hall–Kier alpha value is -0.750. The maximum Gasteiger partial charge on any atom is 0.340 e. The summed E-state index contributed by atoms with van der Waals surface area (Å²) in [7, 11) is 1.21. The van der Waals surface area contributed by atoms with Crippen molar-refractivity contribution in [1.29, 1.82) is 0 Å². The van der Waals surface area contributed by atoms with Crippen LogP contribution in [0.2, 0.25) is 0 Å². The number of aromatic hydroxyl groups is 2. The van der Waals surface area contributed by atoms with Crippen molar-refractivity contribution < 1.29 is 19.7 Å². The molecular weight excluding hydrogens is 320 g/mol. The molecule has 0 aliphatic rings. The van der Waals surface area contributed by atoms with Gasteiger partial charge in [-0.15, -0.1) is 0 Å². The van der Waals surface area contributed by atoms with E-state index in [1.165, 1.54) is 7.11 Å². The second-order valence-corrected chi connectivity index (χ2v) is 4.00. The van der Waals surface area contributed by atoms with Crippen LogP contribution in [-0.4, -0.2) is 23.3 Å². The van der Waals surface area contributed by atoms with Gasteiger partial charge < -0.3 is 14.9 Å². The minimum absolute atomic E-state index is 0.0463. The molecule has 0 aliphatic carbocycles. The Balaban J connectivity index is 3.47. The van der Waals surface area contributed by atoms with E-state index < -0.39 is 5.97 Å². The van der Waals surface area contributed by atoms with Gasteiger partial charge in [0.25, 0.3) is 0 Å². The van der Waals surface area contributed by atoms with Gasteiger partial charge in [-0.3, -0.25) is 0 Å². The predicted octanol–water partition coefficient (Wildman–Crippen LogP) is 2.41. The molecular formula is C8H6Br2O4. The number of esters is 1. The lowest BCUT2D eigenvalue weighted by molar-refractivity contribution is 0.0597. The van der Waals surface area contributed by atoms with Crippen molar-refractivity contribution in [3.63, 3.8) is 0 Å². The summed E-state index contributed by atoms with van der Waals surface area (Å²) in [5.74, 6) is -1.12. The SMILES string of the molecule is COC(=O)c1c(Br)c(O)cc(O)c1Br. The van der Waals surface area contributed by atoms with Gasteiger partial charge in [0.15, 0.2) is 0 Å². The fourth-order valence-corrected chi connectivity index (χ4v) is 2.11. The topological polar surface area (TPSA) is 66.8 Å². The number of phenolic OH excluding ortho intramolecular Hbond substituents is 2. The van der Waals surface area contributed by atoms with Gasteiger partial charge in [0.05, 0.1) is 21.6 Å². The number of carbonyl (C=O) groups excluding carboxylic acids is 1. The number of phenols is 2. The fourth-order valence-electron chi connectivity index (χ4n) is 0.890. The van der Waals surface area contributed by atoms with Gasteiger partial charge in [-0.1, -0.05) is 0 Å². The summed E-state index contributed by atoms with van der Waals surface area (Å²) in [5, 5.41) is 18.6. The fraction of sp³-hybridized carbons (Fsp3) is 0.125. The van der Waals surface area contributed by atoms with E-state index in [0.29, 0.717) is 0 Å². The Morgan fingerprint density at radius 2 is 1.71 bits per heavy atom. The third-order valence-electron chi connectivity index (χ3n) is 1.55. The van der Waals surface area contributed by atoms with E-state index >= 15 is 0 Å². The predicted molar refractivity (Wildman–Crippen MR) is 56.5 cm³/mol. The van der Waals surface area contributed by atoms with Gasteiger partial charge in [0.1, 0.15) is 11.5 Å². The zero-order valence-corrected chi connectivity index (χ0v) is 10.2. The molecule has 0 atom stereocenters. The second kappa shape index (κ2) is 4.18. The van der Waals surface area contributed by atoms with E-state index in [1.807, 2.05) is 0 Å². The Kier molecular flexibility index (Phi) is 3.38. The zero-order valence-electron chi connectivity index (χ0n) is 7.04. The van der Waals surface area contributed by atoms with Crippen LogP contribution in [0, 0.1) is 0 Å². The maximum absolute atomic E-state index is 11.3. The van der Waals surface area contributed by atoms with Gasteiger partial charge in [-0.25, -0.2) is 4.79 Å². The summed E-state index contributed by atoms with van der Waals surface area (Å²) in [5.41, 5.74) is 0.0463.